The van der Waals surface area contributed by atoms with E-state index in [1.807, 2.05) is 0 Å². The molecule has 0 aromatic heterocycles. The van der Waals surface area contributed by atoms with Crippen LogP contribution in [0.2, 0.25) is 0 Å². The maximum atomic E-state index is 11.4. The number of nitrogens with zero attached hydrogens (tertiary/aromatic N) is 1. The summed E-state index contributed by atoms with van der Waals surface area (Å²) in [6, 6.07) is 2.27. The second-order valence-electron chi connectivity index (χ2n) is 10.1. The number of carbonyl (C=O) groups is 1. The van der Waals surface area contributed by atoms with Crippen LogP contribution in [0.15, 0.2) is 0 Å². The molecule has 0 amide bonds. The fraction of sp³-hybridized carbons (Fsp3) is 0.909. The second-order valence-corrected chi connectivity index (χ2v) is 10.1. The Kier molecular flexibility index (Phi) is 4.19. The highest BCUT2D eigenvalue weighted by Gasteiger charge is 2.65. The molecule has 4 fully saturated rings. The minimum atomic E-state index is -1.13. The number of esters is 1. The zero-order valence-electron chi connectivity index (χ0n) is 16.5. The molecule has 4 saturated carbocycles. The van der Waals surface area contributed by atoms with E-state index >= 15 is 0 Å². The van der Waals surface area contributed by atoms with Gasteiger partial charge in [-0.05, 0) is 86.9 Å². The minimum absolute atomic E-state index is 0.103. The van der Waals surface area contributed by atoms with Crippen LogP contribution < -0.4 is 0 Å². The van der Waals surface area contributed by atoms with Crippen LogP contribution in [-0.2, 0) is 9.53 Å². The number of hydrogen-bond donors (Lipinski definition) is 1. The van der Waals surface area contributed by atoms with E-state index in [-0.39, 0.29) is 17.5 Å². The molecule has 26 heavy (non-hydrogen) atoms. The fourth-order valence-corrected chi connectivity index (χ4v) is 7.76. The van der Waals surface area contributed by atoms with Gasteiger partial charge in [0.25, 0.3) is 0 Å². The fourth-order valence-electron chi connectivity index (χ4n) is 7.76. The van der Waals surface area contributed by atoms with Crippen LogP contribution in [0.25, 0.3) is 0 Å². The van der Waals surface area contributed by atoms with Crippen molar-refractivity contribution in [2.24, 2.45) is 34.5 Å². The Balaban J connectivity index is 1.56. The number of hydrogen-bond acceptors (Lipinski definition) is 4. The SMILES string of the molecule is CC(=O)O[C@H]1CC[C@@]2(C)[C@@H](CC[C@@H]3[C@H]2CC[C@@]2(C)[C@@H]3CC[C@]2(O)C#N)C1. The molecule has 4 nitrogen and oxygen atoms in total. The molecule has 0 bridgehead atoms. The van der Waals surface area contributed by atoms with Gasteiger partial charge in [0.2, 0.25) is 0 Å². The third-order valence-electron chi connectivity index (χ3n) is 9.29. The molecule has 0 heterocycles. The van der Waals surface area contributed by atoms with Crippen molar-refractivity contribution >= 4 is 5.97 Å². The summed E-state index contributed by atoms with van der Waals surface area (Å²) < 4.78 is 5.54. The second kappa shape index (κ2) is 5.96. The van der Waals surface area contributed by atoms with Crippen LogP contribution in [-0.4, -0.2) is 22.8 Å². The molecule has 0 aromatic carbocycles. The summed E-state index contributed by atoms with van der Waals surface area (Å²) in [4.78, 5) is 11.4. The summed E-state index contributed by atoms with van der Waals surface area (Å²) in [5.74, 6) is 2.31. The van der Waals surface area contributed by atoms with Gasteiger partial charge in [-0.15, -0.1) is 0 Å². The average Bonchev–Trinajstić information content (AvgIpc) is 2.87. The van der Waals surface area contributed by atoms with Gasteiger partial charge in [-0.3, -0.25) is 4.79 Å². The molecular formula is C22H33NO3. The van der Waals surface area contributed by atoms with E-state index in [4.69, 9.17) is 4.74 Å². The highest BCUT2D eigenvalue weighted by atomic mass is 16.5. The van der Waals surface area contributed by atoms with E-state index in [0.29, 0.717) is 35.5 Å². The Bertz CT molecular complexity index is 642. The molecule has 0 aliphatic heterocycles. The topological polar surface area (TPSA) is 70.3 Å². The third kappa shape index (κ3) is 2.39. The largest absolute Gasteiger partial charge is 0.463 e. The maximum Gasteiger partial charge on any atom is 0.302 e. The first-order valence-electron chi connectivity index (χ1n) is 10.5. The first-order chi connectivity index (χ1) is 12.2. The zero-order chi connectivity index (χ0) is 18.7. The van der Waals surface area contributed by atoms with Crippen LogP contribution in [0, 0.1) is 45.8 Å². The van der Waals surface area contributed by atoms with E-state index in [9.17, 15) is 15.2 Å². The molecule has 4 aliphatic carbocycles. The lowest BCUT2D eigenvalue weighted by molar-refractivity contribution is -0.164. The number of rotatable bonds is 1. The van der Waals surface area contributed by atoms with Crippen LogP contribution in [0.1, 0.15) is 78.6 Å². The van der Waals surface area contributed by atoms with Crippen molar-refractivity contribution in [1.29, 1.82) is 5.26 Å². The number of carbonyl (C=O) groups excluding carboxylic acids is 1. The van der Waals surface area contributed by atoms with E-state index in [1.54, 1.807) is 0 Å². The van der Waals surface area contributed by atoms with Gasteiger partial charge in [-0.1, -0.05) is 13.8 Å². The monoisotopic (exact) mass is 359 g/mol. The first-order valence-corrected chi connectivity index (χ1v) is 10.5. The molecule has 1 N–H and O–H groups in total. The van der Waals surface area contributed by atoms with Crippen molar-refractivity contribution in [3.8, 4) is 6.07 Å². The Morgan fingerprint density at radius 2 is 1.81 bits per heavy atom. The van der Waals surface area contributed by atoms with Crippen LogP contribution >= 0.6 is 0 Å². The lowest BCUT2D eigenvalue weighted by atomic mass is 9.44. The normalized spacial score (nSPS) is 53.0. The van der Waals surface area contributed by atoms with Crippen molar-refractivity contribution in [2.75, 3.05) is 0 Å². The summed E-state index contributed by atoms with van der Waals surface area (Å²) in [6.45, 7) is 6.17. The van der Waals surface area contributed by atoms with Gasteiger partial charge in [-0.25, -0.2) is 0 Å². The lowest BCUT2D eigenvalue weighted by Crippen LogP contribution is -2.56. The highest BCUT2D eigenvalue weighted by Crippen LogP contribution is 2.68. The summed E-state index contributed by atoms with van der Waals surface area (Å²) in [6.07, 6.45) is 9.40. The molecule has 0 radical (unpaired) electrons. The van der Waals surface area contributed by atoms with Crippen molar-refractivity contribution in [2.45, 2.75) is 90.3 Å². The van der Waals surface area contributed by atoms with Gasteiger partial charge in [0.05, 0.1) is 6.07 Å². The summed E-state index contributed by atoms with van der Waals surface area (Å²) in [7, 11) is 0. The predicted octanol–water partition coefficient (Wildman–Crippen LogP) is 4.22. The number of fused-ring (bicyclic) bond motifs is 5. The molecule has 144 valence electrons. The Hall–Kier alpha value is -1.08. The van der Waals surface area contributed by atoms with Crippen molar-refractivity contribution < 1.29 is 14.6 Å². The van der Waals surface area contributed by atoms with Gasteiger partial charge >= 0.3 is 5.97 Å². The van der Waals surface area contributed by atoms with Crippen LogP contribution in [0.3, 0.4) is 0 Å². The van der Waals surface area contributed by atoms with Crippen molar-refractivity contribution in [3.63, 3.8) is 0 Å². The van der Waals surface area contributed by atoms with E-state index in [0.717, 1.165) is 38.5 Å². The maximum absolute atomic E-state index is 11.4. The predicted molar refractivity (Wildman–Crippen MR) is 97.8 cm³/mol. The Morgan fingerprint density at radius 3 is 2.50 bits per heavy atom. The molecular weight excluding hydrogens is 326 g/mol. The number of ether oxygens (including phenoxy) is 1. The zero-order valence-corrected chi connectivity index (χ0v) is 16.5. The smallest absolute Gasteiger partial charge is 0.302 e. The van der Waals surface area contributed by atoms with Crippen molar-refractivity contribution in [1.82, 2.24) is 0 Å². The standard InChI is InChI=1S/C22H33NO3/c1-14(24)26-16-6-9-20(2)15(12-16)4-5-17-18(20)7-10-21(3)19(17)8-11-22(21,25)13-23/h15-19,25H,4-12H2,1-3H3/t15-,16-,17+,18+,19+,20-,21-,22-/m0/s1. The summed E-state index contributed by atoms with van der Waals surface area (Å²) in [5.41, 5.74) is -1.04. The molecule has 0 aromatic rings. The number of nitriles is 1. The van der Waals surface area contributed by atoms with Crippen LogP contribution in [0.4, 0.5) is 0 Å². The summed E-state index contributed by atoms with van der Waals surface area (Å²) in [5, 5.41) is 20.6. The molecule has 4 aliphatic rings. The highest BCUT2D eigenvalue weighted by molar-refractivity contribution is 5.66. The Labute approximate surface area is 157 Å². The molecule has 8 atom stereocenters. The van der Waals surface area contributed by atoms with Crippen molar-refractivity contribution in [3.05, 3.63) is 0 Å². The lowest BCUT2D eigenvalue weighted by Gasteiger charge is -2.61. The molecule has 4 heteroatoms. The average molecular weight is 360 g/mol. The number of aliphatic hydroxyl groups is 1. The molecule has 0 unspecified atom stereocenters. The van der Waals surface area contributed by atoms with Gasteiger partial charge in [0.15, 0.2) is 5.60 Å². The van der Waals surface area contributed by atoms with E-state index in [2.05, 4.69) is 19.9 Å². The van der Waals surface area contributed by atoms with Gasteiger partial charge in [0, 0.05) is 12.3 Å². The quantitative estimate of drug-likeness (QED) is 0.562. The Morgan fingerprint density at radius 1 is 1.08 bits per heavy atom. The van der Waals surface area contributed by atoms with Gasteiger partial charge < -0.3 is 9.84 Å². The molecule has 0 saturated heterocycles. The van der Waals surface area contributed by atoms with Gasteiger partial charge in [0.1, 0.15) is 6.10 Å². The molecule has 0 spiro atoms. The van der Waals surface area contributed by atoms with E-state index in [1.165, 1.54) is 19.8 Å². The van der Waals surface area contributed by atoms with Gasteiger partial charge in [-0.2, -0.15) is 5.26 Å². The first kappa shape index (κ1) is 18.3. The van der Waals surface area contributed by atoms with Crippen LogP contribution in [0.5, 0.6) is 0 Å². The van der Waals surface area contributed by atoms with E-state index < -0.39 is 5.60 Å². The summed E-state index contributed by atoms with van der Waals surface area (Å²) >= 11 is 0. The third-order valence-corrected chi connectivity index (χ3v) is 9.29. The molecule has 4 rings (SSSR count). The minimum Gasteiger partial charge on any atom is -0.463 e.